The van der Waals surface area contributed by atoms with Crippen molar-refractivity contribution in [1.82, 2.24) is 0 Å². The quantitative estimate of drug-likeness (QED) is 0.386. The number of carboxylic acids is 1. The van der Waals surface area contributed by atoms with Gasteiger partial charge in [0.05, 0.1) is 7.11 Å². The molecule has 13 heavy (non-hydrogen) atoms. The number of ether oxygens (including phenoxy) is 1. The van der Waals surface area contributed by atoms with Crippen LogP contribution in [0.5, 0.6) is 0 Å². The Morgan fingerprint density at radius 2 is 2.08 bits per heavy atom. The van der Waals surface area contributed by atoms with Gasteiger partial charge in [-0.25, -0.2) is 4.79 Å². The zero-order valence-corrected chi connectivity index (χ0v) is 7.66. The molecule has 0 saturated heterocycles. The summed E-state index contributed by atoms with van der Waals surface area (Å²) in [5, 5.41) is 8.24. The number of hydrogen-bond acceptors (Lipinski definition) is 3. The molecule has 0 fully saturated rings. The van der Waals surface area contributed by atoms with Crippen LogP contribution in [0.3, 0.4) is 0 Å². The van der Waals surface area contributed by atoms with Crippen molar-refractivity contribution in [2.24, 2.45) is 0 Å². The minimum absolute atomic E-state index is 0.220. The molecule has 0 saturated carbocycles. The first-order chi connectivity index (χ1) is 6.16. The van der Waals surface area contributed by atoms with Crippen LogP contribution in [0.4, 0.5) is 0 Å². The van der Waals surface area contributed by atoms with Crippen LogP contribution in [0.2, 0.25) is 0 Å². The molecule has 0 aromatic carbocycles. The van der Waals surface area contributed by atoms with Gasteiger partial charge >= 0.3 is 11.9 Å². The minimum atomic E-state index is -0.937. The number of carbonyl (C=O) groups is 2. The lowest BCUT2D eigenvalue weighted by Gasteiger charge is -1.96. The van der Waals surface area contributed by atoms with Crippen LogP contribution in [0.15, 0.2) is 12.2 Å². The summed E-state index contributed by atoms with van der Waals surface area (Å²) in [6, 6.07) is 0. The number of allylic oxidation sites excluding steroid dienone is 1. The van der Waals surface area contributed by atoms with Gasteiger partial charge in [-0.3, -0.25) is 4.79 Å². The van der Waals surface area contributed by atoms with E-state index in [0.29, 0.717) is 12.8 Å². The van der Waals surface area contributed by atoms with Crippen LogP contribution in [0.25, 0.3) is 0 Å². The van der Waals surface area contributed by atoms with Crippen LogP contribution < -0.4 is 0 Å². The van der Waals surface area contributed by atoms with E-state index in [1.54, 1.807) is 6.08 Å². The predicted molar refractivity (Wildman–Crippen MR) is 47.3 cm³/mol. The standard InChI is InChI=1S/C9H14O4/c1-13-9(12)7-5-3-2-4-6-8(10)11/h4,6H,2-3,5,7H2,1H3,(H,10,11)/b6-4+. The second-order valence-electron chi connectivity index (χ2n) is 2.56. The van der Waals surface area contributed by atoms with E-state index in [9.17, 15) is 9.59 Å². The lowest BCUT2D eigenvalue weighted by atomic mass is 10.2. The molecule has 0 aliphatic heterocycles. The third kappa shape index (κ3) is 8.59. The summed E-state index contributed by atoms with van der Waals surface area (Å²) in [6.07, 6.45) is 5.31. The maximum absolute atomic E-state index is 10.6. The molecular formula is C9H14O4. The lowest BCUT2D eigenvalue weighted by Crippen LogP contribution is -1.98. The Bertz CT molecular complexity index is 196. The summed E-state index contributed by atoms with van der Waals surface area (Å²) in [7, 11) is 1.35. The fourth-order valence-corrected chi connectivity index (χ4v) is 0.818. The summed E-state index contributed by atoms with van der Waals surface area (Å²) in [5.41, 5.74) is 0. The molecule has 0 heterocycles. The molecule has 0 aromatic heterocycles. The summed E-state index contributed by atoms with van der Waals surface area (Å²) < 4.78 is 4.44. The van der Waals surface area contributed by atoms with Crippen LogP contribution in [0, 0.1) is 0 Å². The number of hydrogen-bond donors (Lipinski definition) is 1. The first-order valence-electron chi connectivity index (χ1n) is 4.13. The van der Waals surface area contributed by atoms with Gasteiger partial charge in [-0.05, 0) is 19.3 Å². The van der Waals surface area contributed by atoms with E-state index >= 15 is 0 Å². The number of methoxy groups -OCH3 is 1. The first kappa shape index (κ1) is 11.7. The van der Waals surface area contributed by atoms with Gasteiger partial charge in [0.2, 0.25) is 0 Å². The number of esters is 1. The van der Waals surface area contributed by atoms with Crippen LogP contribution >= 0.6 is 0 Å². The second kappa shape index (κ2) is 7.34. The SMILES string of the molecule is COC(=O)CCCC/C=C/C(=O)O. The average Bonchev–Trinajstić information content (AvgIpc) is 2.10. The third-order valence-electron chi connectivity index (χ3n) is 1.49. The average molecular weight is 186 g/mol. The second-order valence-corrected chi connectivity index (χ2v) is 2.56. The Labute approximate surface area is 77.2 Å². The van der Waals surface area contributed by atoms with Gasteiger partial charge in [-0.2, -0.15) is 0 Å². The molecule has 0 radical (unpaired) electrons. The summed E-state index contributed by atoms with van der Waals surface area (Å²) in [5.74, 6) is -1.16. The van der Waals surface area contributed by atoms with Gasteiger partial charge in [0.1, 0.15) is 0 Å². The Morgan fingerprint density at radius 1 is 1.38 bits per heavy atom. The molecule has 4 heteroatoms. The largest absolute Gasteiger partial charge is 0.478 e. The van der Waals surface area contributed by atoms with E-state index in [1.807, 2.05) is 0 Å². The van der Waals surface area contributed by atoms with Crippen molar-refractivity contribution in [2.75, 3.05) is 7.11 Å². The Hall–Kier alpha value is -1.32. The van der Waals surface area contributed by atoms with Crippen molar-refractivity contribution in [3.63, 3.8) is 0 Å². The van der Waals surface area contributed by atoms with Crippen molar-refractivity contribution in [3.05, 3.63) is 12.2 Å². The van der Waals surface area contributed by atoms with Gasteiger partial charge in [0.15, 0.2) is 0 Å². The van der Waals surface area contributed by atoms with Crippen molar-refractivity contribution in [2.45, 2.75) is 25.7 Å². The molecule has 4 nitrogen and oxygen atoms in total. The molecule has 0 spiro atoms. The van der Waals surface area contributed by atoms with E-state index in [0.717, 1.165) is 18.9 Å². The van der Waals surface area contributed by atoms with Crippen molar-refractivity contribution in [3.8, 4) is 0 Å². The Morgan fingerprint density at radius 3 is 2.62 bits per heavy atom. The van der Waals surface area contributed by atoms with Gasteiger partial charge in [-0.1, -0.05) is 6.08 Å². The highest BCUT2D eigenvalue weighted by Crippen LogP contribution is 2.01. The smallest absolute Gasteiger partial charge is 0.327 e. The van der Waals surface area contributed by atoms with E-state index in [2.05, 4.69) is 4.74 Å². The molecule has 0 rings (SSSR count). The molecule has 74 valence electrons. The molecule has 0 bridgehead atoms. The van der Waals surface area contributed by atoms with E-state index < -0.39 is 5.97 Å². The molecule has 1 N–H and O–H groups in total. The molecule has 0 amide bonds. The Balaban J connectivity index is 3.26. The van der Waals surface area contributed by atoms with E-state index in [4.69, 9.17) is 5.11 Å². The maximum atomic E-state index is 10.6. The predicted octanol–water partition coefficient (Wildman–Crippen LogP) is 1.36. The fourth-order valence-electron chi connectivity index (χ4n) is 0.818. The highest BCUT2D eigenvalue weighted by atomic mass is 16.5. The van der Waals surface area contributed by atoms with Gasteiger partial charge < -0.3 is 9.84 Å². The monoisotopic (exact) mass is 186 g/mol. The minimum Gasteiger partial charge on any atom is -0.478 e. The van der Waals surface area contributed by atoms with Crippen molar-refractivity contribution < 1.29 is 19.4 Å². The van der Waals surface area contributed by atoms with Gasteiger partial charge in [0.25, 0.3) is 0 Å². The molecule has 0 aromatic rings. The number of carboxylic acid groups (broad SMARTS) is 1. The van der Waals surface area contributed by atoms with Gasteiger partial charge in [0, 0.05) is 12.5 Å². The molecule has 0 aliphatic carbocycles. The topological polar surface area (TPSA) is 63.6 Å². The number of unbranched alkanes of at least 4 members (excludes halogenated alkanes) is 2. The number of carbonyl (C=O) groups excluding carboxylic acids is 1. The first-order valence-corrected chi connectivity index (χ1v) is 4.13. The van der Waals surface area contributed by atoms with E-state index in [1.165, 1.54) is 7.11 Å². The van der Waals surface area contributed by atoms with Crippen LogP contribution in [-0.4, -0.2) is 24.2 Å². The van der Waals surface area contributed by atoms with Gasteiger partial charge in [-0.15, -0.1) is 0 Å². The summed E-state index contributed by atoms with van der Waals surface area (Å²) >= 11 is 0. The molecule has 0 unspecified atom stereocenters. The lowest BCUT2D eigenvalue weighted by molar-refractivity contribution is -0.140. The Kier molecular flexibility index (Phi) is 6.59. The summed E-state index contributed by atoms with van der Waals surface area (Å²) in [4.78, 5) is 20.6. The maximum Gasteiger partial charge on any atom is 0.327 e. The fraction of sp³-hybridized carbons (Fsp3) is 0.556. The van der Waals surface area contributed by atoms with Crippen LogP contribution in [-0.2, 0) is 14.3 Å². The van der Waals surface area contributed by atoms with E-state index in [-0.39, 0.29) is 5.97 Å². The normalized spacial score (nSPS) is 10.2. The highest BCUT2D eigenvalue weighted by Gasteiger charge is 1.97. The van der Waals surface area contributed by atoms with Crippen molar-refractivity contribution in [1.29, 1.82) is 0 Å². The third-order valence-corrected chi connectivity index (χ3v) is 1.49. The van der Waals surface area contributed by atoms with Crippen LogP contribution in [0.1, 0.15) is 25.7 Å². The van der Waals surface area contributed by atoms with Crippen molar-refractivity contribution >= 4 is 11.9 Å². The number of rotatable bonds is 6. The zero-order valence-electron chi connectivity index (χ0n) is 7.66. The highest BCUT2D eigenvalue weighted by molar-refractivity contribution is 5.79. The molecule has 0 aliphatic rings. The molecular weight excluding hydrogens is 172 g/mol. The number of aliphatic carboxylic acids is 1. The summed E-state index contributed by atoms with van der Waals surface area (Å²) in [6.45, 7) is 0. The molecule has 0 atom stereocenters. The zero-order chi connectivity index (χ0) is 10.1.